The molecule has 1 aliphatic heterocycles. The number of rotatable bonds is 2. The first-order valence-electron chi connectivity index (χ1n) is 6.70. The van der Waals surface area contributed by atoms with E-state index in [0.717, 1.165) is 31.1 Å². The van der Waals surface area contributed by atoms with Crippen LogP contribution < -0.4 is 10.6 Å². The maximum absolute atomic E-state index is 9.14. The molecule has 1 aromatic heterocycles. The van der Waals surface area contributed by atoms with Crippen molar-refractivity contribution in [3.63, 3.8) is 0 Å². The van der Waals surface area contributed by atoms with Gasteiger partial charge in [0.15, 0.2) is 0 Å². The van der Waals surface area contributed by atoms with Gasteiger partial charge in [-0.25, -0.2) is 0 Å². The van der Waals surface area contributed by atoms with Gasteiger partial charge in [-0.1, -0.05) is 13.8 Å². The van der Waals surface area contributed by atoms with E-state index >= 15 is 0 Å². The van der Waals surface area contributed by atoms with Crippen molar-refractivity contribution in [1.82, 2.24) is 4.57 Å². The van der Waals surface area contributed by atoms with Gasteiger partial charge >= 0.3 is 0 Å². The van der Waals surface area contributed by atoms with Crippen LogP contribution in [0, 0.1) is 23.2 Å². The lowest BCUT2D eigenvalue weighted by atomic mass is 9.92. The summed E-state index contributed by atoms with van der Waals surface area (Å²) in [5.41, 5.74) is 7.50. The smallest absolute Gasteiger partial charge is 0.133 e. The SMILES string of the molecule is CCn1c(C#N)cc(N)c1N1C[C@H](C)C[C@H](C)C1. The molecule has 0 bridgehead atoms. The van der Waals surface area contributed by atoms with Gasteiger partial charge in [0.05, 0.1) is 5.69 Å². The third kappa shape index (κ3) is 2.17. The minimum absolute atomic E-state index is 0.663. The highest BCUT2D eigenvalue weighted by atomic mass is 15.3. The summed E-state index contributed by atoms with van der Waals surface area (Å²) < 4.78 is 2.03. The molecule has 2 atom stereocenters. The predicted molar refractivity (Wildman–Crippen MR) is 74.4 cm³/mol. The number of nitriles is 1. The fourth-order valence-electron chi connectivity index (χ4n) is 3.16. The minimum Gasteiger partial charge on any atom is -0.396 e. The Labute approximate surface area is 109 Å². The Morgan fingerprint density at radius 1 is 1.39 bits per heavy atom. The Balaban J connectivity index is 2.38. The molecule has 2 rings (SSSR count). The van der Waals surface area contributed by atoms with Gasteiger partial charge in [-0.05, 0) is 31.2 Å². The van der Waals surface area contributed by atoms with Gasteiger partial charge in [0.2, 0.25) is 0 Å². The lowest BCUT2D eigenvalue weighted by molar-refractivity contribution is 0.353. The molecule has 0 aliphatic carbocycles. The molecule has 98 valence electrons. The Morgan fingerprint density at radius 2 is 2.00 bits per heavy atom. The van der Waals surface area contributed by atoms with Crippen molar-refractivity contribution in [1.29, 1.82) is 5.26 Å². The zero-order valence-electron chi connectivity index (χ0n) is 11.5. The first kappa shape index (κ1) is 12.8. The lowest BCUT2D eigenvalue weighted by Crippen LogP contribution is -2.40. The molecule has 2 heterocycles. The Morgan fingerprint density at radius 3 is 2.50 bits per heavy atom. The molecule has 0 aromatic carbocycles. The average molecular weight is 246 g/mol. The number of hydrogen-bond donors (Lipinski definition) is 1. The third-order valence-electron chi connectivity index (χ3n) is 3.70. The average Bonchev–Trinajstić information content (AvgIpc) is 2.63. The van der Waals surface area contributed by atoms with Crippen LogP contribution in [0.4, 0.5) is 11.5 Å². The first-order chi connectivity index (χ1) is 8.56. The van der Waals surface area contributed by atoms with Gasteiger partial charge in [-0.15, -0.1) is 0 Å². The molecule has 1 aliphatic rings. The fraction of sp³-hybridized carbons (Fsp3) is 0.643. The molecule has 0 saturated carbocycles. The minimum atomic E-state index is 0.663. The van der Waals surface area contributed by atoms with Crippen molar-refractivity contribution in [3.05, 3.63) is 11.8 Å². The van der Waals surface area contributed by atoms with Crippen LogP contribution in [0.2, 0.25) is 0 Å². The van der Waals surface area contributed by atoms with E-state index < -0.39 is 0 Å². The number of anilines is 2. The summed E-state index contributed by atoms with van der Waals surface area (Å²) in [6, 6.07) is 4.02. The summed E-state index contributed by atoms with van der Waals surface area (Å²) in [6.07, 6.45) is 1.27. The largest absolute Gasteiger partial charge is 0.396 e. The van der Waals surface area contributed by atoms with Gasteiger partial charge in [0, 0.05) is 19.6 Å². The maximum Gasteiger partial charge on any atom is 0.133 e. The predicted octanol–water partition coefficient (Wildman–Crippen LogP) is 2.44. The summed E-state index contributed by atoms with van der Waals surface area (Å²) in [4.78, 5) is 2.35. The summed E-state index contributed by atoms with van der Waals surface area (Å²) in [5.74, 6) is 2.39. The van der Waals surface area contributed by atoms with Crippen LogP contribution in [0.15, 0.2) is 6.07 Å². The molecule has 1 fully saturated rings. The van der Waals surface area contributed by atoms with Gasteiger partial charge in [0.25, 0.3) is 0 Å². The fourth-order valence-corrected chi connectivity index (χ4v) is 3.16. The number of piperidine rings is 1. The quantitative estimate of drug-likeness (QED) is 0.872. The van der Waals surface area contributed by atoms with Crippen LogP contribution in [0.5, 0.6) is 0 Å². The van der Waals surface area contributed by atoms with Crippen LogP contribution in [-0.4, -0.2) is 17.7 Å². The van der Waals surface area contributed by atoms with Gasteiger partial charge in [-0.2, -0.15) is 5.26 Å². The molecular formula is C14H22N4. The van der Waals surface area contributed by atoms with E-state index in [9.17, 15) is 0 Å². The summed E-state index contributed by atoms with van der Waals surface area (Å²) in [6.45, 7) is 9.47. The van der Waals surface area contributed by atoms with E-state index in [4.69, 9.17) is 11.0 Å². The molecular weight excluding hydrogens is 224 g/mol. The zero-order valence-corrected chi connectivity index (χ0v) is 11.5. The maximum atomic E-state index is 9.14. The van der Waals surface area contributed by atoms with E-state index in [1.807, 2.05) is 4.57 Å². The molecule has 0 spiro atoms. The third-order valence-corrected chi connectivity index (χ3v) is 3.70. The van der Waals surface area contributed by atoms with Gasteiger partial charge < -0.3 is 15.2 Å². The van der Waals surface area contributed by atoms with Crippen molar-refractivity contribution < 1.29 is 0 Å². The van der Waals surface area contributed by atoms with Crippen LogP contribution in [0.25, 0.3) is 0 Å². The lowest BCUT2D eigenvalue weighted by Gasteiger charge is -2.37. The van der Waals surface area contributed by atoms with Gasteiger partial charge in [-0.3, -0.25) is 0 Å². The zero-order chi connectivity index (χ0) is 13.3. The highest BCUT2D eigenvalue weighted by molar-refractivity contribution is 5.68. The molecule has 18 heavy (non-hydrogen) atoms. The van der Waals surface area contributed by atoms with E-state index in [-0.39, 0.29) is 0 Å². The van der Waals surface area contributed by atoms with E-state index in [1.54, 1.807) is 6.07 Å². The van der Waals surface area contributed by atoms with E-state index in [0.29, 0.717) is 17.5 Å². The number of nitrogens with zero attached hydrogens (tertiary/aromatic N) is 3. The highest BCUT2D eigenvalue weighted by Gasteiger charge is 2.26. The molecule has 1 aromatic rings. The summed E-state index contributed by atoms with van der Waals surface area (Å²) in [5, 5.41) is 9.14. The van der Waals surface area contributed by atoms with Crippen LogP contribution in [-0.2, 0) is 6.54 Å². The first-order valence-corrected chi connectivity index (χ1v) is 6.70. The summed E-state index contributed by atoms with van der Waals surface area (Å²) in [7, 11) is 0. The topological polar surface area (TPSA) is 58.0 Å². The summed E-state index contributed by atoms with van der Waals surface area (Å²) >= 11 is 0. The molecule has 2 N–H and O–H groups in total. The van der Waals surface area contributed by atoms with E-state index in [1.165, 1.54) is 6.42 Å². The van der Waals surface area contributed by atoms with Crippen LogP contribution in [0.1, 0.15) is 32.9 Å². The molecule has 4 heteroatoms. The second-order valence-electron chi connectivity index (χ2n) is 5.52. The Bertz CT molecular complexity index is 459. The normalized spacial score (nSPS) is 24.0. The second kappa shape index (κ2) is 4.93. The van der Waals surface area contributed by atoms with Crippen molar-refractivity contribution >= 4 is 11.5 Å². The number of aromatic nitrogens is 1. The molecule has 0 amide bonds. The molecule has 0 unspecified atom stereocenters. The van der Waals surface area contributed by atoms with Crippen molar-refractivity contribution in [2.45, 2.75) is 33.7 Å². The highest BCUT2D eigenvalue weighted by Crippen LogP contribution is 2.32. The van der Waals surface area contributed by atoms with Crippen LogP contribution >= 0.6 is 0 Å². The standard InChI is InChI=1S/C14H22N4/c1-4-18-12(7-15)6-13(16)14(18)17-8-10(2)5-11(3)9-17/h6,10-11H,4-5,8-9,16H2,1-3H3/t10-,11+. The molecule has 1 saturated heterocycles. The van der Waals surface area contributed by atoms with E-state index in [2.05, 4.69) is 31.7 Å². The van der Waals surface area contributed by atoms with Gasteiger partial charge in [0.1, 0.15) is 17.6 Å². The Hall–Kier alpha value is -1.63. The number of nitrogen functional groups attached to an aromatic ring is 1. The molecule has 0 radical (unpaired) electrons. The van der Waals surface area contributed by atoms with Crippen molar-refractivity contribution in [2.24, 2.45) is 11.8 Å². The Kier molecular flexibility index (Phi) is 3.51. The van der Waals surface area contributed by atoms with Crippen molar-refractivity contribution in [3.8, 4) is 6.07 Å². The second-order valence-corrected chi connectivity index (χ2v) is 5.52. The monoisotopic (exact) mass is 246 g/mol. The number of nitrogens with two attached hydrogens (primary N) is 1. The van der Waals surface area contributed by atoms with Crippen LogP contribution in [0.3, 0.4) is 0 Å². The molecule has 4 nitrogen and oxygen atoms in total. The van der Waals surface area contributed by atoms with Crippen molar-refractivity contribution in [2.75, 3.05) is 23.7 Å². The number of hydrogen-bond acceptors (Lipinski definition) is 3.